The van der Waals surface area contributed by atoms with Crippen LogP contribution in [-0.2, 0) is 14.4 Å². The number of aryl methyl sites for hydroxylation is 2. The summed E-state index contributed by atoms with van der Waals surface area (Å²) in [6.45, 7) is 3.24. The van der Waals surface area contributed by atoms with Gasteiger partial charge in [0.25, 0.3) is 5.60 Å². The van der Waals surface area contributed by atoms with Crippen molar-refractivity contribution in [2.75, 3.05) is 12.3 Å². The van der Waals surface area contributed by atoms with Crippen molar-refractivity contribution in [2.45, 2.75) is 31.2 Å². The minimum atomic E-state index is -2.95. The number of phenolic OH excluding ortho intramolecular Hbond substituents is 1. The van der Waals surface area contributed by atoms with Crippen LogP contribution in [0.5, 0.6) is 5.75 Å². The number of aliphatic hydroxyl groups is 1. The summed E-state index contributed by atoms with van der Waals surface area (Å²) in [6.07, 6.45) is -0.628. The van der Waals surface area contributed by atoms with E-state index in [1.165, 1.54) is 16.7 Å². The number of carboxylic acid groups (broad SMARTS) is 2. The van der Waals surface area contributed by atoms with Gasteiger partial charge in [-0.2, -0.15) is 0 Å². The molecular weight excluding hydrogens is 350 g/mol. The number of aliphatic carboxylic acids is 2. The van der Waals surface area contributed by atoms with Crippen LogP contribution in [0, 0.1) is 13.8 Å². The van der Waals surface area contributed by atoms with E-state index in [9.17, 15) is 24.6 Å². The van der Waals surface area contributed by atoms with Crippen LogP contribution < -0.4 is 0 Å². The van der Waals surface area contributed by atoms with Crippen molar-refractivity contribution in [2.24, 2.45) is 0 Å². The Morgan fingerprint density at radius 1 is 1.24 bits per heavy atom. The maximum atomic E-state index is 12.1. The molecular formula is C16H19NO7S. The fourth-order valence-electron chi connectivity index (χ4n) is 2.69. The van der Waals surface area contributed by atoms with E-state index >= 15 is 0 Å². The molecule has 136 valence electrons. The summed E-state index contributed by atoms with van der Waals surface area (Å²) in [5.41, 5.74) is -0.915. The summed E-state index contributed by atoms with van der Waals surface area (Å²) in [6, 6.07) is 3.46. The summed E-state index contributed by atoms with van der Waals surface area (Å²) in [5.74, 6) is -3.67. The number of hydrogen-bond acceptors (Lipinski definition) is 6. The Labute approximate surface area is 148 Å². The number of carboxylic acids is 2. The van der Waals surface area contributed by atoms with Crippen LogP contribution in [0.4, 0.5) is 0 Å². The predicted molar refractivity (Wildman–Crippen MR) is 89.3 cm³/mol. The van der Waals surface area contributed by atoms with Crippen LogP contribution in [0.25, 0.3) is 0 Å². The average Bonchev–Trinajstić information content (AvgIpc) is 2.90. The minimum Gasteiger partial charge on any atom is -0.507 e. The number of carbonyl (C=O) groups excluding carboxylic acids is 1. The largest absolute Gasteiger partial charge is 0.507 e. The van der Waals surface area contributed by atoms with Crippen LogP contribution in [-0.4, -0.2) is 61.1 Å². The van der Waals surface area contributed by atoms with E-state index in [-0.39, 0.29) is 24.0 Å². The number of nitrogens with zero attached hydrogens (tertiary/aromatic N) is 1. The highest BCUT2D eigenvalue weighted by Gasteiger charge is 2.46. The van der Waals surface area contributed by atoms with Crippen LogP contribution in [0.3, 0.4) is 0 Å². The molecule has 9 heteroatoms. The van der Waals surface area contributed by atoms with Crippen LogP contribution in [0.15, 0.2) is 12.1 Å². The fourth-order valence-corrected chi connectivity index (χ4v) is 3.89. The van der Waals surface area contributed by atoms with Gasteiger partial charge in [-0.05, 0) is 42.7 Å². The van der Waals surface area contributed by atoms with E-state index in [0.29, 0.717) is 11.1 Å². The molecule has 0 radical (unpaired) electrons. The van der Waals surface area contributed by atoms with Gasteiger partial charge < -0.3 is 25.3 Å². The van der Waals surface area contributed by atoms with Gasteiger partial charge in [0.2, 0.25) is 5.91 Å². The predicted octanol–water partition coefficient (Wildman–Crippen LogP) is 0.873. The monoisotopic (exact) mass is 369 g/mol. The smallest absolute Gasteiger partial charge is 0.347 e. The van der Waals surface area contributed by atoms with Gasteiger partial charge >= 0.3 is 11.9 Å². The topological polar surface area (TPSA) is 135 Å². The molecule has 2 rings (SSSR count). The lowest BCUT2D eigenvalue weighted by Gasteiger charge is -2.27. The summed E-state index contributed by atoms with van der Waals surface area (Å²) in [7, 11) is 0. The lowest BCUT2D eigenvalue weighted by molar-refractivity contribution is -0.177. The first-order chi connectivity index (χ1) is 11.6. The summed E-state index contributed by atoms with van der Waals surface area (Å²) >= 11 is 1.32. The van der Waals surface area contributed by atoms with Gasteiger partial charge in [0.15, 0.2) is 0 Å². The van der Waals surface area contributed by atoms with E-state index in [1.54, 1.807) is 26.0 Å². The molecule has 8 nitrogen and oxygen atoms in total. The Morgan fingerprint density at radius 2 is 1.76 bits per heavy atom. The van der Waals surface area contributed by atoms with Crippen molar-refractivity contribution >= 4 is 29.6 Å². The Bertz CT molecular complexity index is 696. The zero-order valence-electron chi connectivity index (χ0n) is 13.7. The van der Waals surface area contributed by atoms with Crippen molar-refractivity contribution in [3.8, 4) is 5.75 Å². The molecule has 1 aliphatic rings. The molecule has 0 aliphatic carbocycles. The van der Waals surface area contributed by atoms with E-state index in [0.717, 1.165) is 5.56 Å². The van der Waals surface area contributed by atoms with Gasteiger partial charge in [-0.25, -0.2) is 9.59 Å². The molecule has 1 fully saturated rings. The summed E-state index contributed by atoms with van der Waals surface area (Å²) in [4.78, 5) is 35.6. The second-order valence-corrected chi connectivity index (χ2v) is 7.04. The highest BCUT2D eigenvalue weighted by atomic mass is 32.2. The molecule has 0 aromatic heterocycles. The molecule has 1 aromatic rings. The van der Waals surface area contributed by atoms with Gasteiger partial charge in [-0.15, -0.1) is 11.8 Å². The van der Waals surface area contributed by atoms with E-state index in [4.69, 9.17) is 10.2 Å². The quantitative estimate of drug-likeness (QED) is 0.543. The van der Waals surface area contributed by atoms with Crippen molar-refractivity contribution in [1.29, 1.82) is 0 Å². The van der Waals surface area contributed by atoms with Crippen molar-refractivity contribution < 1.29 is 34.8 Å². The molecule has 1 heterocycles. The summed E-state index contributed by atoms with van der Waals surface area (Å²) < 4.78 is 0. The lowest BCUT2D eigenvalue weighted by Crippen LogP contribution is -2.49. The highest BCUT2D eigenvalue weighted by Crippen LogP contribution is 2.41. The number of aromatic hydroxyl groups is 1. The second-order valence-electron chi connectivity index (χ2n) is 5.97. The van der Waals surface area contributed by atoms with Crippen molar-refractivity contribution in [3.05, 3.63) is 28.8 Å². The third-order valence-corrected chi connectivity index (χ3v) is 5.44. The highest BCUT2D eigenvalue weighted by molar-refractivity contribution is 8.00. The first kappa shape index (κ1) is 19.1. The van der Waals surface area contributed by atoms with E-state index in [2.05, 4.69) is 0 Å². The van der Waals surface area contributed by atoms with Gasteiger partial charge in [0.05, 0.1) is 5.75 Å². The SMILES string of the molecule is Cc1cc(C2SCC(=O)N2CCC(O)(C(=O)O)C(=O)O)cc(C)c1O. The normalized spacial score (nSPS) is 17.8. The van der Waals surface area contributed by atoms with Gasteiger partial charge in [0, 0.05) is 13.0 Å². The maximum absolute atomic E-state index is 12.1. The second kappa shape index (κ2) is 6.93. The molecule has 4 N–H and O–H groups in total. The molecule has 1 aromatic carbocycles. The lowest BCUT2D eigenvalue weighted by atomic mass is 9.99. The molecule has 0 bridgehead atoms. The molecule has 0 saturated carbocycles. The number of thioether (sulfide) groups is 1. The Hall–Kier alpha value is -2.26. The van der Waals surface area contributed by atoms with Crippen molar-refractivity contribution in [3.63, 3.8) is 0 Å². The average molecular weight is 369 g/mol. The third kappa shape index (κ3) is 3.57. The number of hydrogen-bond donors (Lipinski definition) is 4. The number of benzene rings is 1. The molecule has 1 unspecified atom stereocenters. The Kier molecular flexibility index (Phi) is 5.28. The first-order valence-electron chi connectivity index (χ1n) is 7.48. The molecule has 25 heavy (non-hydrogen) atoms. The van der Waals surface area contributed by atoms with Gasteiger partial charge in [-0.3, -0.25) is 4.79 Å². The molecule has 1 saturated heterocycles. The maximum Gasteiger partial charge on any atom is 0.347 e. The molecule has 1 atom stereocenters. The van der Waals surface area contributed by atoms with Crippen molar-refractivity contribution in [1.82, 2.24) is 4.90 Å². The standard InChI is InChI=1S/C16H19NO7S/c1-8-5-10(6-9(2)12(8)19)13-17(11(18)7-25-13)4-3-16(24,14(20)21)15(22)23/h5-6,13,19,24H,3-4,7H2,1-2H3,(H,20,21)(H,22,23). The zero-order chi connectivity index (χ0) is 18.9. The Balaban J connectivity index is 2.26. The molecule has 0 spiro atoms. The van der Waals surface area contributed by atoms with Gasteiger partial charge in [-0.1, -0.05) is 0 Å². The summed E-state index contributed by atoms with van der Waals surface area (Å²) in [5, 5.41) is 37.2. The molecule has 1 aliphatic heterocycles. The fraction of sp³-hybridized carbons (Fsp3) is 0.438. The number of rotatable bonds is 6. The number of amides is 1. The van der Waals surface area contributed by atoms with E-state index < -0.39 is 29.3 Å². The van der Waals surface area contributed by atoms with Crippen LogP contribution in [0.1, 0.15) is 28.5 Å². The first-order valence-corrected chi connectivity index (χ1v) is 8.53. The van der Waals surface area contributed by atoms with Crippen LogP contribution in [0.2, 0.25) is 0 Å². The van der Waals surface area contributed by atoms with Gasteiger partial charge in [0.1, 0.15) is 11.1 Å². The van der Waals surface area contributed by atoms with Crippen LogP contribution >= 0.6 is 11.8 Å². The molecule has 1 amide bonds. The number of phenols is 1. The number of carbonyl (C=O) groups is 3. The van der Waals surface area contributed by atoms with E-state index in [1.807, 2.05) is 0 Å². The zero-order valence-corrected chi connectivity index (χ0v) is 14.5. The minimum absolute atomic E-state index is 0.163. The third-order valence-electron chi connectivity index (χ3n) is 4.19. The Morgan fingerprint density at radius 3 is 2.24 bits per heavy atom.